The van der Waals surface area contributed by atoms with Crippen molar-refractivity contribution < 1.29 is 8.42 Å². The Morgan fingerprint density at radius 3 is 1.88 bits per heavy atom. The fourth-order valence-electron chi connectivity index (χ4n) is 2.87. The van der Waals surface area contributed by atoms with E-state index in [0.717, 1.165) is 17.5 Å². The van der Waals surface area contributed by atoms with Crippen LogP contribution >= 0.6 is 11.8 Å². The molecule has 0 unspecified atom stereocenters. The van der Waals surface area contributed by atoms with E-state index in [-0.39, 0.29) is 0 Å². The Morgan fingerprint density at radius 1 is 0.833 bits per heavy atom. The van der Waals surface area contributed by atoms with Crippen LogP contribution in [0.1, 0.15) is 22.3 Å². The van der Waals surface area contributed by atoms with Gasteiger partial charge in [0.1, 0.15) is 0 Å². The summed E-state index contributed by atoms with van der Waals surface area (Å²) < 4.78 is 22.5. The normalized spacial score (nSPS) is 14.9. The molecule has 24 heavy (non-hydrogen) atoms. The Balaban J connectivity index is 0.000000143. The summed E-state index contributed by atoms with van der Waals surface area (Å²) in [5, 5.41) is 0. The van der Waals surface area contributed by atoms with Crippen LogP contribution in [0.2, 0.25) is 0 Å². The predicted molar refractivity (Wildman–Crippen MR) is 105 cm³/mol. The lowest BCUT2D eigenvalue weighted by Crippen LogP contribution is -1.99. The zero-order valence-corrected chi connectivity index (χ0v) is 15.5. The number of fused-ring (bicyclic) bond motifs is 2. The average molecular weight is 357 g/mol. The van der Waals surface area contributed by atoms with Crippen molar-refractivity contribution in [1.82, 2.24) is 0 Å². The van der Waals surface area contributed by atoms with Crippen LogP contribution in [-0.4, -0.2) is 20.9 Å². The molecule has 0 amide bonds. The van der Waals surface area contributed by atoms with Gasteiger partial charge in [-0.05, 0) is 45.6 Å². The van der Waals surface area contributed by atoms with Crippen molar-refractivity contribution in [3.8, 4) is 0 Å². The van der Waals surface area contributed by atoms with Crippen LogP contribution in [0, 0.1) is 0 Å². The molecule has 2 aromatic carbocycles. The van der Waals surface area contributed by atoms with Crippen molar-refractivity contribution in [3.05, 3.63) is 80.6 Å². The number of hydrogen-bond donors (Lipinski definition) is 0. The highest BCUT2D eigenvalue weighted by Crippen LogP contribution is 2.30. The molecule has 0 saturated heterocycles. The van der Waals surface area contributed by atoms with Crippen LogP contribution in [0.5, 0.6) is 0 Å². The van der Waals surface area contributed by atoms with E-state index >= 15 is 0 Å². The zero-order valence-electron chi connectivity index (χ0n) is 13.8. The van der Waals surface area contributed by atoms with Crippen molar-refractivity contribution in [2.75, 3.05) is 12.5 Å². The minimum Gasteiger partial charge on any atom is -0.224 e. The molecular formula is C20H20O2S2. The Hall–Kier alpha value is -1.78. The van der Waals surface area contributed by atoms with Crippen molar-refractivity contribution in [2.45, 2.75) is 12.8 Å². The van der Waals surface area contributed by atoms with Crippen LogP contribution in [0.4, 0.5) is 0 Å². The first-order valence-electron chi connectivity index (χ1n) is 7.78. The van der Waals surface area contributed by atoms with Gasteiger partial charge in [0.25, 0.3) is 0 Å². The fraction of sp³-hybridized carbons (Fsp3) is 0.200. The maximum atomic E-state index is 11.2. The second-order valence-corrected chi connectivity index (χ2v) is 8.95. The van der Waals surface area contributed by atoms with E-state index in [1.807, 2.05) is 36.0 Å². The molecule has 0 radical (unpaired) electrons. The van der Waals surface area contributed by atoms with E-state index in [1.165, 1.54) is 22.3 Å². The highest BCUT2D eigenvalue weighted by atomic mass is 32.2. The van der Waals surface area contributed by atoms with E-state index in [1.54, 1.807) is 6.08 Å². The van der Waals surface area contributed by atoms with Gasteiger partial charge in [-0.1, -0.05) is 48.5 Å². The molecule has 2 aliphatic carbocycles. The molecule has 0 heterocycles. The predicted octanol–water partition coefficient (Wildman–Crippen LogP) is 4.57. The standard InChI is InChI=1S/C10H10O2S.C10H10S/c1-13(11,12)10-6-8-4-2-3-5-9(8)7-10;1-11-10-6-8-4-2-3-5-9(8)7-10/h2-6H,7H2,1H3;2-6H,7H2,1H3. The summed E-state index contributed by atoms with van der Waals surface area (Å²) in [5.74, 6) is 0. The third-order valence-corrected chi connectivity index (χ3v) is 6.21. The number of benzene rings is 2. The smallest absolute Gasteiger partial charge is 0.172 e. The Bertz CT molecular complexity index is 922. The van der Waals surface area contributed by atoms with Crippen molar-refractivity contribution in [3.63, 3.8) is 0 Å². The SMILES string of the molecule is CS(=O)(=O)C1=Cc2ccccc2C1.CSC1=Cc2ccccc2C1. The summed E-state index contributed by atoms with van der Waals surface area (Å²) in [6.07, 6.45) is 9.11. The van der Waals surface area contributed by atoms with E-state index < -0.39 is 9.84 Å². The topological polar surface area (TPSA) is 34.1 Å². The molecule has 0 bridgehead atoms. The average Bonchev–Trinajstić information content (AvgIpc) is 3.18. The van der Waals surface area contributed by atoms with Crippen molar-refractivity contribution in [2.24, 2.45) is 0 Å². The first-order chi connectivity index (χ1) is 11.5. The van der Waals surface area contributed by atoms with Crippen LogP contribution in [0.25, 0.3) is 12.2 Å². The quantitative estimate of drug-likeness (QED) is 0.790. The molecular weight excluding hydrogens is 336 g/mol. The third-order valence-electron chi connectivity index (χ3n) is 4.21. The molecule has 0 saturated carbocycles. The highest BCUT2D eigenvalue weighted by Gasteiger charge is 2.19. The minimum atomic E-state index is -3.01. The fourth-order valence-corrected chi connectivity index (χ4v) is 4.17. The molecule has 0 atom stereocenters. The van der Waals surface area contributed by atoms with Gasteiger partial charge >= 0.3 is 0 Å². The highest BCUT2D eigenvalue weighted by molar-refractivity contribution is 8.02. The number of sulfone groups is 1. The molecule has 0 spiro atoms. The minimum absolute atomic E-state index is 0.522. The van der Waals surface area contributed by atoms with Gasteiger partial charge in [0.15, 0.2) is 9.84 Å². The van der Waals surface area contributed by atoms with Crippen LogP contribution < -0.4 is 0 Å². The number of allylic oxidation sites excluding steroid dienone is 2. The van der Waals surface area contributed by atoms with Gasteiger partial charge in [-0.3, -0.25) is 0 Å². The molecule has 124 valence electrons. The van der Waals surface area contributed by atoms with Gasteiger partial charge < -0.3 is 0 Å². The lowest BCUT2D eigenvalue weighted by atomic mass is 10.1. The van der Waals surface area contributed by atoms with Crippen molar-refractivity contribution >= 4 is 33.8 Å². The largest absolute Gasteiger partial charge is 0.224 e. The summed E-state index contributed by atoms with van der Waals surface area (Å²) in [4.78, 5) is 2.00. The molecule has 2 aromatic rings. The summed E-state index contributed by atoms with van der Waals surface area (Å²) in [6.45, 7) is 0. The summed E-state index contributed by atoms with van der Waals surface area (Å²) in [5.41, 5.74) is 5.00. The number of rotatable bonds is 2. The van der Waals surface area contributed by atoms with E-state index in [4.69, 9.17) is 0 Å². The summed E-state index contributed by atoms with van der Waals surface area (Å²) in [7, 11) is -3.01. The summed E-state index contributed by atoms with van der Waals surface area (Å²) in [6, 6.07) is 16.3. The van der Waals surface area contributed by atoms with Crippen LogP contribution in [0.3, 0.4) is 0 Å². The van der Waals surface area contributed by atoms with Crippen LogP contribution in [0.15, 0.2) is 58.3 Å². The molecule has 2 nitrogen and oxygen atoms in total. The van der Waals surface area contributed by atoms with Crippen LogP contribution in [-0.2, 0) is 22.7 Å². The molecule has 2 aliphatic rings. The van der Waals surface area contributed by atoms with E-state index in [9.17, 15) is 8.42 Å². The second kappa shape index (κ2) is 6.99. The molecule has 4 rings (SSSR count). The summed E-state index contributed by atoms with van der Waals surface area (Å²) >= 11 is 1.85. The lowest BCUT2D eigenvalue weighted by Gasteiger charge is -1.96. The van der Waals surface area contributed by atoms with E-state index in [0.29, 0.717) is 11.3 Å². The third kappa shape index (κ3) is 3.82. The molecule has 0 aromatic heterocycles. The maximum Gasteiger partial charge on any atom is 0.172 e. The Morgan fingerprint density at radius 2 is 1.38 bits per heavy atom. The van der Waals surface area contributed by atoms with Gasteiger partial charge in [-0.15, -0.1) is 11.8 Å². The second-order valence-electron chi connectivity index (χ2n) is 5.95. The van der Waals surface area contributed by atoms with Gasteiger partial charge in [-0.25, -0.2) is 8.42 Å². The maximum absolute atomic E-state index is 11.2. The molecule has 0 N–H and O–H groups in total. The molecule has 4 heteroatoms. The Kier molecular flexibility index (Phi) is 4.97. The van der Waals surface area contributed by atoms with Gasteiger partial charge in [-0.2, -0.15) is 0 Å². The zero-order chi connectivity index (χ0) is 17.2. The first kappa shape index (κ1) is 17.1. The van der Waals surface area contributed by atoms with Gasteiger partial charge in [0.2, 0.25) is 0 Å². The first-order valence-corrected chi connectivity index (χ1v) is 10.9. The molecule has 0 aliphatic heterocycles. The number of thioether (sulfide) groups is 1. The lowest BCUT2D eigenvalue weighted by molar-refractivity contribution is 0.607. The Labute approximate surface area is 148 Å². The monoisotopic (exact) mass is 356 g/mol. The number of hydrogen-bond acceptors (Lipinski definition) is 3. The molecule has 0 fully saturated rings. The van der Waals surface area contributed by atoms with Gasteiger partial charge in [0.05, 0.1) is 0 Å². The van der Waals surface area contributed by atoms with E-state index in [2.05, 4.69) is 36.6 Å². The van der Waals surface area contributed by atoms with Crippen molar-refractivity contribution in [1.29, 1.82) is 0 Å². The van der Waals surface area contributed by atoms with Gasteiger partial charge in [0, 0.05) is 24.0 Å².